The van der Waals surface area contributed by atoms with Crippen LogP contribution in [-0.4, -0.2) is 39.5 Å². The molecule has 0 spiro atoms. The van der Waals surface area contributed by atoms with Crippen molar-refractivity contribution in [3.05, 3.63) is 5.69 Å². The van der Waals surface area contributed by atoms with Gasteiger partial charge in [-0.1, -0.05) is 4.49 Å². The Labute approximate surface area is 103 Å². The summed E-state index contributed by atoms with van der Waals surface area (Å²) in [5.41, 5.74) is 6.65. The monoisotopic (exact) mass is 253 g/mol. The van der Waals surface area contributed by atoms with Crippen LogP contribution in [0.5, 0.6) is 0 Å². The van der Waals surface area contributed by atoms with Gasteiger partial charge in [0, 0.05) is 30.7 Å². The van der Waals surface area contributed by atoms with Gasteiger partial charge < -0.3 is 11.1 Å². The zero-order valence-electron chi connectivity index (χ0n) is 9.43. The highest BCUT2D eigenvalue weighted by molar-refractivity contribution is 7.09. The maximum Gasteiger partial charge on any atom is 0.224 e. The average Bonchev–Trinajstić information content (AvgIpc) is 2.89. The summed E-state index contributed by atoms with van der Waals surface area (Å²) in [5.74, 6) is 0.348. The number of carbonyl (C=O) groups is 1. The quantitative estimate of drug-likeness (QED) is 0.764. The second kappa shape index (κ2) is 4.23. The van der Waals surface area contributed by atoms with Crippen molar-refractivity contribution in [1.29, 1.82) is 0 Å². The molecule has 17 heavy (non-hydrogen) atoms. The second-order valence-electron chi connectivity index (χ2n) is 4.62. The molecule has 2 fully saturated rings. The second-order valence-corrected chi connectivity index (χ2v) is 5.40. The first-order valence-electron chi connectivity index (χ1n) is 5.84. The van der Waals surface area contributed by atoms with Gasteiger partial charge in [0.15, 0.2) is 0 Å². The molecule has 1 aromatic heterocycles. The van der Waals surface area contributed by atoms with Crippen molar-refractivity contribution in [2.75, 3.05) is 18.8 Å². The Kier molecular flexibility index (Phi) is 2.71. The lowest BCUT2D eigenvalue weighted by molar-refractivity contribution is -0.124. The fourth-order valence-corrected chi connectivity index (χ4v) is 3.19. The van der Waals surface area contributed by atoms with Crippen LogP contribution < -0.4 is 11.1 Å². The number of carbonyl (C=O) groups excluding carboxylic acids is 1. The van der Waals surface area contributed by atoms with Crippen molar-refractivity contribution in [3.8, 4) is 0 Å². The first-order valence-corrected chi connectivity index (χ1v) is 6.61. The first kappa shape index (κ1) is 10.9. The molecule has 0 radical (unpaired) electrons. The normalized spacial score (nSPS) is 29.1. The van der Waals surface area contributed by atoms with E-state index in [1.54, 1.807) is 0 Å². The number of nitrogens with one attached hydrogen (secondary N) is 1. The Morgan fingerprint density at radius 3 is 3.24 bits per heavy atom. The Morgan fingerprint density at radius 2 is 2.47 bits per heavy atom. The van der Waals surface area contributed by atoms with Crippen LogP contribution in [0.2, 0.25) is 0 Å². The lowest BCUT2D eigenvalue weighted by Gasteiger charge is -2.35. The minimum absolute atomic E-state index is 0.150. The first-order chi connectivity index (χ1) is 8.25. The van der Waals surface area contributed by atoms with E-state index >= 15 is 0 Å². The number of piperidine rings is 1. The molecule has 1 amide bonds. The Bertz CT molecular complexity index is 434. The number of nitrogens with zero attached hydrogens (tertiary/aromatic N) is 3. The largest absolute Gasteiger partial charge is 0.388 e. The van der Waals surface area contributed by atoms with Gasteiger partial charge in [0.1, 0.15) is 10.7 Å². The summed E-state index contributed by atoms with van der Waals surface area (Å²) in [6, 6.07) is 0.303. The molecule has 2 saturated heterocycles. The predicted octanol–water partition coefficient (Wildman–Crippen LogP) is -0.169. The summed E-state index contributed by atoms with van der Waals surface area (Å²) in [5, 5.41) is 7.66. The molecule has 0 aliphatic carbocycles. The van der Waals surface area contributed by atoms with E-state index in [2.05, 4.69) is 19.8 Å². The number of hydrogen-bond acceptors (Lipinski definition) is 6. The van der Waals surface area contributed by atoms with Gasteiger partial charge in [-0.05, 0) is 19.4 Å². The molecule has 3 N–H and O–H groups in total. The fraction of sp³-hybridized carbons (Fsp3) is 0.700. The highest BCUT2D eigenvalue weighted by Gasteiger charge is 2.40. The van der Waals surface area contributed by atoms with Gasteiger partial charge in [-0.2, -0.15) is 0 Å². The van der Waals surface area contributed by atoms with E-state index in [0.29, 0.717) is 17.6 Å². The third-order valence-electron chi connectivity index (χ3n) is 3.65. The van der Waals surface area contributed by atoms with Crippen LogP contribution in [-0.2, 0) is 11.3 Å². The average molecular weight is 253 g/mol. The van der Waals surface area contributed by atoms with E-state index in [1.807, 2.05) is 0 Å². The molecule has 0 bridgehead atoms. The van der Waals surface area contributed by atoms with E-state index < -0.39 is 0 Å². The summed E-state index contributed by atoms with van der Waals surface area (Å²) in [4.78, 5) is 13.9. The van der Waals surface area contributed by atoms with Crippen molar-refractivity contribution in [1.82, 2.24) is 19.8 Å². The lowest BCUT2D eigenvalue weighted by Crippen LogP contribution is -2.45. The molecule has 0 aromatic carbocycles. The minimum atomic E-state index is 0.150. The van der Waals surface area contributed by atoms with Crippen molar-refractivity contribution in [2.45, 2.75) is 25.4 Å². The van der Waals surface area contributed by atoms with E-state index in [1.165, 1.54) is 11.5 Å². The molecular weight excluding hydrogens is 238 g/mol. The van der Waals surface area contributed by atoms with E-state index in [9.17, 15) is 4.79 Å². The van der Waals surface area contributed by atoms with Gasteiger partial charge in [0.25, 0.3) is 0 Å². The molecule has 0 saturated carbocycles. The Balaban J connectivity index is 1.75. The smallest absolute Gasteiger partial charge is 0.224 e. The number of hydrogen-bond donors (Lipinski definition) is 2. The molecule has 92 valence electrons. The standard InChI is InChI=1S/C10H15N5OS/c11-9-7(13-14-17-9)5-15-3-1-2-6-8(15)4-12-10(6)16/h6,8H,1-5,11H2,(H,12,16). The molecule has 6 nitrogen and oxygen atoms in total. The molecule has 2 atom stereocenters. The SMILES string of the molecule is Nc1snnc1CN1CCCC2C(=O)NCC21. The molecule has 3 rings (SSSR count). The van der Waals surface area contributed by atoms with Gasteiger partial charge in [-0.15, -0.1) is 5.10 Å². The lowest BCUT2D eigenvalue weighted by atomic mass is 9.91. The summed E-state index contributed by atoms with van der Waals surface area (Å²) in [6.45, 7) is 2.46. The molecule has 2 aliphatic rings. The van der Waals surface area contributed by atoms with Crippen molar-refractivity contribution in [2.24, 2.45) is 5.92 Å². The minimum Gasteiger partial charge on any atom is -0.388 e. The van der Waals surface area contributed by atoms with E-state index in [-0.39, 0.29) is 11.8 Å². The summed E-state index contributed by atoms with van der Waals surface area (Å²) in [6.07, 6.45) is 2.06. The van der Waals surface area contributed by atoms with Gasteiger partial charge in [-0.25, -0.2) is 0 Å². The fourth-order valence-electron chi connectivity index (χ4n) is 2.75. The van der Waals surface area contributed by atoms with Gasteiger partial charge in [-0.3, -0.25) is 9.69 Å². The zero-order chi connectivity index (χ0) is 11.8. The van der Waals surface area contributed by atoms with Crippen LogP contribution in [0.15, 0.2) is 0 Å². The van der Waals surface area contributed by atoms with Crippen molar-refractivity contribution in [3.63, 3.8) is 0 Å². The zero-order valence-corrected chi connectivity index (χ0v) is 10.2. The van der Waals surface area contributed by atoms with E-state index in [4.69, 9.17) is 5.73 Å². The van der Waals surface area contributed by atoms with E-state index in [0.717, 1.165) is 31.6 Å². The molecule has 2 aliphatic heterocycles. The van der Waals surface area contributed by atoms with Crippen LogP contribution in [0.1, 0.15) is 18.5 Å². The third-order valence-corrected chi connectivity index (χ3v) is 4.25. The number of likely N-dealkylation sites (tertiary alicyclic amines) is 1. The number of fused-ring (bicyclic) bond motifs is 1. The maximum absolute atomic E-state index is 11.6. The van der Waals surface area contributed by atoms with Crippen LogP contribution >= 0.6 is 11.5 Å². The van der Waals surface area contributed by atoms with Crippen molar-refractivity contribution >= 4 is 22.4 Å². The Hall–Kier alpha value is -1.21. The Morgan fingerprint density at radius 1 is 1.59 bits per heavy atom. The number of amides is 1. The summed E-state index contributed by atoms with van der Waals surface area (Å²) >= 11 is 1.23. The number of aromatic nitrogens is 2. The van der Waals surface area contributed by atoms with Crippen LogP contribution in [0, 0.1) is 5.92 Å². The van der Waals surface area contributed by atoms with Crippen molar-refractivity contribution < 1.29 is 4.79 Å². The highest BCUT2D eigenvalue weighted by Crippen LogP contribution is 2.29. The predicted molar refractivity (Wildman–Crippen MR) is 64.3 cm³/mol. The molecule has 7 heteroatoms. The number of nitrogens with two attached hydrogens (primary N) is 1. The van der Waals surface area contributed by atoms with Gasteiger partial charge >= 0.3 is 0 Å². The molecular formula is C10H15N5OS. The number of nitrogen functional groups attached to an aromatic ring is 1. The van der Waals surface area contributed by atoms with Gasteiger partial charge in [0.2, 0.25) is 5.91 Å². The van der Waals surface area contributed by atoms with Crippen LogP contribution in [0.25, 0.3) is 0 Å². The van der Waals surface area contributed by atoms with Crippen LogP contribution in [0.3, 0.4) is 0 Å². The summed E-state index contributed by atoms with van der Waals surface area (Å²) in [7, 11) is 0. The number of rotatable bonds is 2. The van der Waals surface area contributed by atoms with Crippen LogP contribution in [0.4, 0.5) is 5.00 Å². The number of anilines is 1. The highest BCUT2D eigenvalue weighted by atomic mass is 32.1. The maximum atomic E-state index is 11.6. The molecule has 1 aromatic rings. The topological polar surface area (TPSA) is 84.1 Å². The van der Waals surface area contributed by atoms with Gasteiger partial charge in [0.05, 0.1) is 5.92 Å². The third kappa shape index (κ3) is 1.89. The molecule has 3 heterocycles. The molecule has 2 unspecified atom stereocenters. The summed E-state index contributed by atoms with van der Waals surface area (Å²) < 4.78 is 3.85.